The quantitative estimate of drug-likeness (QED) is 0.545. The van der Waals surface area contributed by atoms with Crippen molar-refractivity contribution in [1.29, 1.82) is 0 Å². The van der Waals surface area contributed by atoms with Crippen LogP contribution >= 0.6 is 0 Å². The average molecular weight is 405 g/mol. The molecule has 1 aliphatic carbocycles. The van der Waals surface area contributed by atoms with Gasteiger partial charge in [-0.3, -0.25) is 4.98 Å². The molecule has 0 atom stereocenters. The van der Waals surface area contributed by atoms with Crippen LogP contribution in [-0.4, -0.2) is 29.2 Å². The molecule has 30 heavy (non-hydrogen) atoms. The number of ether oxygens (including phenoxy) is 2. The average Bonchev–Trinajstić information content (AvgIpc) is 3.19. The minimum Gasteiger partial charge on any atom is -0.496 e. The molecular formula is C24H27N3O3. The third-order valence-electron chi connectivity index (χ3n) is 5.52. The minimum absolute atomic E-state index is 0.194. The number of benzene rings is 1. The van der Waals surface area contributed by atoms with Crippen LogP contribution in [0.2, 0.25) is 0 Å². The van der Waals surface area contributed by atoms with Crippen molar-refractivity contribution in [3.8, 4) is 33.9 Å². The summed E-state index contributed by atoms with van der Waals surface area (Å²) in [7, 11) is 1.63. The molecule has 0 radical (unpaired) electrons. The Morgan fingerprint density at radius 2 is 1.87 bits per heavy atom. The maximum Gasteiger partial charge on any atom is 0.412 e. The Kier molecular flexibility index (Phi) is 6.32. The first-order chi connectivity index (χ1) is 14.7. The molecule has 6 nitrogen and oxygen atoms in total. The molecule has 4 rings (SSSR count). The molecule has 2 aromatic heterocycles. The van der Waals surface area contributed by atoms with Crippen molar-refractivity contribution in [2.75, 3.05) is 7.11 Å². The van der Waals surface area contributed by atoms with Crippen LogP contribution in [0, 0.1) is 0 Å². The molecule has 2 heterocycles. The van der Waals surface area contributed by atoms with E-state index in [0.717, 1.165) is 48.1 Å². The zero-order valence-electron chi connectivity index (χ0n) is 17.2. The summed E-state index contributed by atoms with van der Waals surface area (Å²) in [5.41, 5.74) is 3.65. The van der Waals surface area contributed by atoms with E-state index in [-0.39, 0.29) is 6.04 Å². The van der Waals surface area contributed by atoms with Gasteiger partial charge in [-0.15, -0.1) is 0 Å². The van der Waals surface area contributed by atoms with Crippen LogP contribution in [0.15, 0.2) is 55.0 Å². The van der Waals surface area contributed by atoms with Crippen molar-refractivity contribution in [3.05, 3.63) is 55.0 Å². The molecule has 6 heteroatoms. The monoisotopic (exact) mass is 405 g/mol. The van der Waals surface area contributed by atoms with Gasteiger partial charge in [-0.1, -0.05) is 25.7 Å². The van der Waals surface area contributed by atoms with Gasteiger partial charge >= 0.3 is 6.09 Å². The summed E-state index contributed by atoms with van der Waals surface area (Å²) in [5.74, 6) is 1.17. The lowest BCUT2D eigenvalue weighted by Gasteiger charge is -2.16. The van der Waals surface area contributed by atoms with Gasteiger partial charge < -0.3 is 19.8 Å². The molecule has 0 unspecified atom stereocenters. The molecule has 1 amide bonds. The number of H-pyrrole nitrogens is 1. The number of amides is 1. The van der Waals surface area contributed by atoms with Gasteiger partial charge in [0.15, 0.2) is 0 Å². The Morgan fingerprint density at radius 3 is 2.60 bits per heavy atom. The Bertz CT molecular complexity index is 977. The zero-order chi connectivity index (χ0) is 20.8. The van der Waals surface area contributed by atoms with Gasteiger partial charge in [0, 0.05) is 47.0 Å². The Balaban J connectivity index is 1.54. The summed E-state index contributed by atoms with van der Waals surface area (Å²) >= 11 is 0. The summed E-state index contributed by atoms with van der Waals surface area (Å²) < 4.78 is 11.1. The second-order valence-electron chi connectivity index (χ2n) is 7.63. The highest BCUT2D eigenvalue weighted by Gasteiger charge is 2.17. The molecule has 156 valence electrons. The molecule has 0 spiro atoms. The fourth-order valence-corrected chi connectivity index (χ4v) is 3.95. The lowest BCUT2D eigenvalue weighted by atomic mass is 10.0. The number of carbonyl (C=O) groups is 1. The van der Waals surface area contributed by atoms with Crippen LogP contribution in [-0.2, 0) is 0 Å². The highest BCUT2D eigenvalue weighted by molar-refractivity contribution is 5.77. The number of carbonyl (C=O) groups excluding carboxylic acids is 1. The zero-order valence-corrected chi connectivity index (χ0v) is 17.2. The first-order valence-electron chi connectivity index (χ1n) is 10.5. The number of aromatic amines is 1. The SMILES string of the molecule is COc1ccc(OC(=O)NC2CCCCCC2)cc1-c1cncc(-c2ccc[nH]2)c1. The molecule has 1 fully saturated rings. The summed E-state index contributed by atoms with van der Waals surface area (Å²) in [6, 6.07) is 11.5. The Morgan fingerprint density at radius 1 is 1.07 bits per heavy atom. The third kappa shape index (κ3) is 4.82. The van der Waals surface area contributed by atoms with Crippen LogP contribution in [0.4, 0.5) is 4.79 Å². The van der Waals surface area contributed by atoms with Gasteiger partial charge in [-0.25, -0.2) is 4.79 Å². The number of nitrogens with one attached hydrogen (secondary N) is 2. The lowest BCUT2D eigenvalue weighted by Crippen LogP contribution is -2.36. The van der Waals surface area contributed by atoms with E-state index in [1.807, 2.05) is 42.7 Å². The standard InChI is InChI=1S/C24H27N3O3/c1-29-23-11-10-20(30-24(28)27-19-7-4-2-3-5-8-19)14-21(23)17-13-18(16-25-15-17)22-9-6-12-26-22/h6,9-16,19,26H,2-5,7-8H2,1H3,(H,27,28). The topological polar surface area (TPSA) is 76.2 Å². The van der Waals surface area contributed by atoms with Crippen LogP contribution in [0.1, 0.15) is 38.5 Å². The summed E-state index contributed by atoms with van der Waals surface area (Å²) in [6.45, 7) is 0. The van der Waals surface area contributed by atoms with Crippen molar-refractivity contribution in [2.24, 2.45) is 0 Å². The number of rotatable bonds is 5. The van der Waals surface area contributed by atoms with E-state index < -0.39 is 6.09 Å². The fourth-order valence-electron chi connectivity index (χ4n) is 3.95. The summed E-state index contributed by atoms with van der Waals surface area (Å²) in [6.07, 6.45) is 11.9. The largest absolute Gasteiger partial charge is 0.496 e. The highest BCUT2D eigenvalue weighted by Crippen LogP contribution is 2.34. The number of hydrogen-bond acceptors (Lipinski definition) is 4. The van der Waals surface area contributed by atoms with Gasteiger partial charge in [-0.05, 0) is 49.2 Å². The van der Waals surface area contributed by atoms with Gasteiger partial charge in [0.1, 0.15) is 11.5 Å². The number of pyridine rings is 1. The van der Waals surface area contributed by atoms with Crippen molar-refractivity contribution in [2.45, 2.75) is 44.6 Å². The van der Waals surface area contributed by atoms with E-state index in [2.05, 4.69) is 15.3 Å². The van der Waals surface area contributed by atoms with Crippen LogP contribution in [0.5, 0.6) is 11.5 Å². The molecule has 2 N–H and O–H groups in total. The van der Waals surface area contributed by atoms with Gasteiger partial charge in [0.25, 0.3) is 0 Å². The van der Waals surface area contributed by atoms with Gasteiger partial charge in [0.2, 0.25) is 0 Å². The van der Waals surface area contributed by atoms with E-state index in [1.165, 1.54) is 12.8 Å². The molecule has 1 saturated carbocycles. The normalized spacial score (nSPS) is 14.7. The first kappa shape index (κ1) is 20.0. The highest BCUT2D eigenvalue weighted by atomic mass is 16.6. The van der Waals surface area contributed by atoms with Crippen LogP contribution in [0.3, 0.4) is 0 Å². The van der Waals surface area contributed by atoms with E-state index >= 15 is 0 Å². The van der Waals surface area contributed by atoms with E-state index in [1.54, 1.807) is 19.4 Å². The number of hydrogen-bond donors (Lipinski definition) is 2. The van der Waals surface area contributed by atoms with Gasteiger partial charge in [-0.2, -0.15) is 0 Å². The van der Waals surface area contributed by atoms with E-state index in [4.69, 9.17) is 9.47 Å². The molecule has 1 aromatic carbocycles. The molecule has 0 bridgehead atoms. The number of aromatic nitrogens is 2. The minimum atomic E-state index is -0.406. The first-order valence-corrected chi connectivity index (χ1v) is 10.5. The summed E-state index contributed by atoms with van der Waals surface area (Å²) in [5, 5.41) is 3.01. The maximum absolute atomic E-state index is 12.4. The number of nitrogens with zero attached hydrogens (tertiary/aromatic N) is 1. The predicted octanol–water partition coefficient (Wildman–Crippen LogP) is 5.56. The smallest absolute Gasteiger partial charge is 0.412 e. The Hall–Kier alpha value is -3.28. The molecular weight excluding hydrogens is 378 g/mol. The van der Waals surface area contributed by atoms with Gasteiger partial charge in [0.05, 0.1) is 7.11 Å². The summed E-state index contributed by atoms with van der Waals surface area (Å²) in [4.78, 5) is 20.0. The molecule has 1 aliphatic rings. The molecule has 0 saturated heterocycles. The maximum atomic E-state index is 12.4. The van der Waals surface area contributed by atoms with E-state index in [0.29, 0.717) is 11.5 Å². The third-order valence-corrected chi connectivity index (χ3v) is 5.52. The van der Waals surface area contributed by atoms with Crippen molar-refractivity contribution in [1.82, 2.24) is 15.3 Å². The van der Waals surface area contributed by atoms with Crippen LogP contribution < -0.4 is 14.8 Å². The fraction of sp³-hybridized carbons (Fsp3) is 0.333. The number of methoxy groups -OCH3 is 1. The molecule has 0 aliphatic heterocycles. The van der Waals surface area contributed by atoms with E-state index in [9.17, 15) is 4.79 Å². The second-order valence-corrected chi connectivity index (χ2v) is 7.63. The van der Waals surface area contributed by atoms with Crippen molar-refractivity contribution in [3.63, 3.8) is 0 Å². The molecule has 3 aromatic rings. The second kappa shape index (κ2) is 9.48. The van der Waals surface area contributed by atoms with Crippen molar-refractivity contribution >= 4 is 6.09 Å². The van der Waals surface area contributed by atoms with Crippen LogP contribution in [0.25, 0.3) is 22.4 Å². The lowest BCUT2D eigenvalue weighted by molar-refractivity contribution is 0.194. The predicted molar refractivity (Wildman–Crippen MR) is 117 cm³/mol. The van der Waals surface area contributed by atoms with Crippen molar-refractivity contribution < 1.29 is 14.3 Å². The Labute approximate surface area is 176 Å².